The standard InChI is InChI=1S/C21H22N6O2S/c1-12(2)19-24-25-20(29-19)22-16(28)11-30-21-23-17(15-8-6-5-7-9-15)18-13(3)10-14(4)26-27(18)21/h5-10,12H,11H2,1-4H3,(H,22,25,28). The van der Waals surface area contributed by atoms with E-state index in [0.717, 1.165) is 28.0 Å². The van der Waals surface area contributed by atoms with Crippen LogP contribution in [0.2, 0.25) is 0 Å². The number of hydrogen-bond acceptors (Lipinski definition) is 7. The lowest BCUT2D eigenvalue weighted by Crippen LogP contribution is -2.14. The molecule has 0 radical (unpaired) electrons. The highest BCUT2D eigenvalue weighted by Crippen LogP contribution is 2.30. The number of nitrogens with zero attached hydrogens (tertiary/aromatic N) is 5. The maximum Gasteiger partial charge on any atom is 0.322 e. The van der Waals surface area contributed by atoms with E-state index < -0.39 is 0 Å². The maximum absolute atomic E-state index is 12.4. The van der Waals surface area contributed by atoms with Gasteiger partial charge in [0.2, 0.25) is 11.8 Å². The Bertz CT molecular complexity index is 1200. The molecule has 0 aliphatic heterocycles. The van der Waals surface area contributed by atoms with E-state index in [1.807, 2.05) is 68.6 Å². The molecule has 3 aromatic heterocycles. The predicted octanol–water partition coefficient (Wildman–Crippen LogP) is 4.25. The van der Waals surface area contributed by atoms with Gasteiger partial charge in [-0.3, -0.25) is 10.1 Å². The second kappa shape index (κ2) is 8.27. The number of carbonyl (C=O) groups excluding carboxylic acids is 1. The normalized spacial score (nSPS) is 11.4. The zero-order valence-electron chi connectivity index (χ0n) is 17.2. The number of benzene rings is 1. The molecule has 30 heavy (non-hydrogen) atoms. The number of carbonyl (C=O) groups is 1. The van der Waals surface area contributed by atoms with Gasteiger partial charge in [0.1, 0.15) is 0 Å². The monoisotopic (exact) mass is 422 g/mol. The number of fused-ring (bicyclic) bond motifs is 1. The van der Waals surface area contributed by atoms with Crippen molar-refractivity contribution in [3.63, 3.8) is 0 Å². The smallest absolute Gasteiger partial charge is 0.322 e. The molecule has 0 bridgehead atoms. The third-order valence-electron chi connectivity index (χ3n) is 4.44. The van der Waals surface area contributed by atoms with Crippen LogP contribution >= 0.6 is 11.8 Å². The summed E-state index contributed by atoms with van der Waals surface area (Å²) in [6, 6.07) is 12.1. The van der Waals surface area contributed by atoms with E-state index in [-0.39, 0.29) is 23.6 Å². The predicted molar refractivity (Wildman–Crippen MR) is 116 cm³/mol. The maximum atomic E-state index is 12.4. The SMILES string of the molecule is Cc1cc(C)c2c(-c3ccccc3)nc(SCC(=O)Nc3nnc(C(C)C)o3)n2n1. The van der Waals surface area contributed by atoms with Crippen LogP contribution in [0.5, 0.6) is 0 Å². The van der Waals surface area contributed by atoms with Gasteiger partial charge < -0.3 is 4.42 Å². The van der Waals surface area contributed by atoms with E-state index in [2.05, 4.69) is 20.6 Å². The highest BCUT2D eigenvalue weighted by molar-refractivity contribution is 7.99. The lowest BCUT2D eigenvalue weighted by atomic mass is 10.1. The van der Waals surface area contributed by atoms with Crippen LogP contribution in [0.15, 0.2) is 46.0 Å². The van der Waals surface area contributed by atoms with Crippen LogP contribution in [-0.2, 0) is 4.79 Å². The molecule has 1 aromatic carbocycles. The summed E-state index contributed by atoms with van der Waals surface area (Å²) in [5.41, 5.74) is 4.76. The number of anilines is 1. The van der Waals surface area contributed by atoms with Crippen LogP contribution in [0.3, 0.4) is 0 Å². The van der Waals surface area contributed by atoms with Crippen LogP contribution < -0.4 is 5.32 Å². The van der Waals surface area contributed by atoms with Gasteiger partial charge in [-0.15, -0.1) is 5.10 Å². The Hall–Kier alpha value is -3.20. The summed E-state index contributed by atoms with van der Waals surface area (Å²) in [6.07, 6.45) is 0. The number of amides is 1. The number of hydrogen-bond donors (Lipinski definition) is 1. The molecule has 3 heterocycles. The number of nitrogens with one attached hydrogen (secondary N) is 1. The van der Waals surface area contributed by atoms with E-state index >= 15 is 0 Å². The minimum absolute atomic E-state index is 0.0998. The minimum atomic E-state index is -0.249. The van der Waals surface area contributed by atoms with Crippen molar-refractivity contribution in [2.75, 3.05) is 11.1 Å². The molecule has 0 saturated heterocycles. The summed E-state index contributed by atoms with van der Waals surface area (Å²) in [7, 11) is 0. The van der Waals surface area contributed by atoms with E-state index in [1.54, 1.807) is 0 Å². The largest absolute Gasteiger partial charge is 0.408 e. The Kier molecular flexibility index (Phi) is 5.54. The fourth-order valence-electron chi connectivity index (χ4n) is 3.10. The Morgan fingerprint density at radius 1 is 1.20 bits per heavy atom. The molecular weight excluding hydrogens is 400 g/mol. The quantitative estimate of drug-likeness (QED) is 0.464. The summed E-state index contributed by atoms with van der Waals surface area (Å²) in [5.74, 6) is 0.477. The van der Waals surface area contributed by atoms with Gasteiger partial charge >= 0.3 is 6.01 Å². The zero-order chi connectivity index (χ0) is 21.3. The van der Waals surface area contributed by atoms with E-state index in [9.17, 15) is 4.79 Å². The average molecular weight is 423 g/mol. The number of aromatic nitrogens is 5. The lowest BCUT2D eigenvalue weighted by molar-refractivity contribution is -0.113. The molecular formula is C21H22N6O2S. The molecule has 0 spiro atoms. The summed E-state index contributed by atoms with van der Waals surface area (Å²) in [6.45, 7) is 7.87. The number of aryl methyl sites for hydroxylation is 2. The minimum Gasteiger partial charge on any atom is -0.408 e. The summed E-state index contributed by atoms with van der Waals surface area (Å²) in [4.78, 5) is 17.2. The topological polar surface area (TPSA) is 98.2 Å². The van der Waals surface area contributed by atoms with Gasteiger partial charge in [-0.25, -0.2) is 9.50 Å². The lowest BCUT2D eigenvalue weighted by Gasteiger charge is -2.04. The molecule has 0 unspecified atom stereocenters. The van der Waals surface area contributed by atoms with Crippen LogP contribution in [0.4, 0.5) is 6.01 Å². The van der Waals surface area contributed by atoms with Crippen LogP contribution in [0.1, 0.15) is 36.9 Å². The Morgan fingerprint density at radius 3 is 2.67 bits per heavy atom. The van der Waals surface area contributed by atoms with Crippen molar-refractivity contribution in [3.05, 3.63) is 53.5 Å². The fourth-order valence-corrected chi connectivity index (χ4v) is 3.84. The molecule has 0 aliphatic carbocycles. The van der Waals surface area contributed by atoms with Gasteiger partial charge in [0.15, 0.2) is 5.16 Å². The first-order valence-electron chi connectivity index (χ1n) is 9.61. The number of rotatable bonds is 6. The van der Waals surface area contributed by atoms with Gasteiger partial charge in [-0.05, 0) is 25.5 Å². The van der Waals surface area contributed by atoms with Gasteiger partial charge in [-0.2, -0.15) is 5.10 Å². The van der Waals surface area contributed by atoms with Crippen molar-refractivity contribution >= 4 is 29.2 Å². The Morgan fingerprint density at radius 2 is 1.97 bits per heavy atom. The van der Waals surface area contributed by atoms with E-state index in [4.69, 9.17) is 9.40 Å². The second-order valence-electron chi connectivity index (χ2n) is 7.28. The first kappa shape index (κ1) is 20.1. The van der Waals surface area contributed by atoms with Crippen LogP contribution in [0, 0.1) is 13.8 Å². The molecule has 4 rings (SSSR count). The number of imidazole rings is 1. The van der Waals surface area contributed by atoms with Crippen molar-refractivity contribution in [1.82, 2.24) is 24.8 Å². The molecule has 1 amide bonds. The van der Waals surface area contributed by atoms with Gasteiger partial charge in [0.25, 0.3) is 0 Å². The molecule has 1 N–H and O–H groups in total. The highest BCUT2D eigenvalue weighted by atomic mass is 32.2. The van der Waals surface area contributed by atoms with Gasteiger partial charge in [-0.1, -0.05) is 61.0 Å². The zero-order valence-corrected chi connectivity index (χ0v) is 18.0. The molecule has 0 saturated carbocycles. The second-order valence-corrected chi connectivity index (χ2v) is 8.22. The highest BCUT2D eigenvalue weighted by Gasteiger charge is 2.18. The van der Waals surface area contributed by atoms with E-state index in [0.29, 0.717) is 11.0 Å². The van der Waals surface area contributed by atoms with Crippen LogP contribution in [0.25, 0.3) is 16.8 Å². The van der Waals surface area contributed by atoms with Gasteiger partial charge in [0.05, 0.1) is 22.7 Å². The molecule has 4 aromatic rings. The first-order chi connectivity index (χ1) is 14.4. The van der Waals surface area contributed by atoms with E-state index in [1.165, 1.54) is 11.8 Å². The fraction of sp³-hybridized carbons (Fsp3) is 0.286. The number of thioether (sulfide) groups is 1. The molecule has 8 nitrogen and oxygen atoms in total. The van der Waals surface area contributed by atoms with Crippen molar-refractivity contribution in [3.8, 4) is 11.3 Å². The van der Waals surface area contributed by atoms with Crippen molar-refractivity contribution < 1.29 is 9.21 Å². The molecule has 9 heteroatoms. The first-order valence-corrected chi connectivity index (χ1v) is 10.6. The third-order valence-corrected chi connectivity index (χ3v) is 5.37. The summed E-state index contributed by atoms with van der Waals surface area (Å²) < 4.78 is 7.25. The van der Waals surface area contributed by atoms with Gasteiger partial charge in [0, 0.05) is 11.5 Å². The third kappa shape index (κ3) is 4.06. The molecule has 0 fully saturated rings. The van der Waals surface area contributed by atoms with Crippen molar-refractivity contribution in [2.24, 2.45) is 0 Å². The Labute approximate surface area is 178 Å². The van der Waals surface area contributed by atoms with Crippen molar-refractivity contribution in [1.29, 1.82) is 0 Å². The van der Waals surface area contributed by atoms with Crippen LogP contribution in [-0.4, -0.2) is 36.5 Å². The van der Waals surface area contributed by atoms with Crippen molar-refractivity contribution in [2.45, 2.75) is 38.8 Å². The molecule has 0 aliphatic rings. The molecule has 0 atom stereocenters. The molecule has 154 valence electrons. The summed E-state index contributed by atoms with van der Waals surface area (Å²) >= 11 is 1.31. The summed E-state index contributed by atoms with van der Waals surface area (Å²) in [5, 5.41) is 15.7. The average Bonchev–Trinajstić information content (AvgIpc) is 3.32. The Balaban J connectivity index is 1.58.